The first kappa shape index (κ1) is 20.9. The van der Waals surface area contributed by atoms with Crippen molar-refractivity contribution in [2.24, 2.45) is 0 Å². The second kappa shape index (κ2) is 15.4. The van der Waals surface area contributed by atoms with Crippen molar-refractivity contribution >= 4 is 6.09 Å². The average Bonchev–Trinajstić information content (AvgIpc) is 2.55. The number of ether oxygens (including phenoxy) is 4. The van der Waals surface area contributed by atoms with Crippen LogP contribution in [0.2, 0.25) is 0 Å². The summed E-state index contributed by atoms with van der Waals surface area (Å²) in [5.41, 5.74) is 0. The van der Waals surface area contributed by atoms with E-state index in [1.54, 1.807) is 0 Å². The lowest BCUT2D eigenvalue weighted by Gasteiger charge is -2.18. The number of rotatable bonds is 12. The average molecular weight is 345 g/mol. The zero-order valence-electron chi connectivity index (χ0n) is 14.4. The van der Waals surface area contributed by atoms with Crippen molar-refractivity contribution in [2.45, 2.75) is 38.2 Å². The summed E-state index contributed by atoms with van der Waals surface area (Å²) in [4.78, 5) is 11.7. The first-order valence-electron chi connectivity index (χ1n) is 8.76. The van der Waals surface area contributed by atoms with Crippen LogP contribution in [0.4, 0.5) is 4.79 Å². The van der Waals surface area contributed by atoms with E-state index in [-0.39, 0.29) is 18.8 Å². The summed E-state index contributed by atoms with van der Waals surface area (Å²) in [5, 5.41) is 11.2. The van der Waals surface area contributed by atoms with Crippen LogP contribution in [0.5, 0.6) is 0 Å². The lowest BCUT2D eigenvalue weighted by atomic mass is 10.0. The fourth-order valence-corrected chi connectivity index (χ4v) is 2.27. The third-order valence-corrected chi connectivity index (χ3v) is 3.49. The van der Waals surface area contributed by atoms with Crippen molar-refractivity contribution in [3.63, 3.8) is 0 Å². The number of hydrogen-bond acceptors (Lipinski definition) is 6. The number of carbonyl (C=O) groups excluding carboxylic acids is 1. The van der Waals surface area contributed by atoms with E-state index in [4.69, 9.17) is 24.1 Å². The highest BCUT2D eigenvalue weighted by Gasteiger charge is 2.14. The lowest BCUT2D eigenvalue weighted by Crippen LogP contribution is -2.31. The number of alkyl carbamates (subject to hydrolysis) is 1. The molecule has 0 aromatic heterocycles. The fraction of sp³-hybridized carbons (Fsp3) is 0.824. The Balaban J connectivity index is 1.88. The van der Waals surface area contributed by atoms with Gasteiger partial charge in [0.2, 0.25) is 0 Å². The van der Waals surface area contributed by atoms with Crippen LogP contribution in [0.15, 0.2) is 12.2 Å². The van der Waals surface area contributed by atoms with Gasteiger partial charge in [-0.25, -0.2) is 4.79 Å². The number of aliphatic hydroxyl groups excluding tert-OH is 1. The quantitative estimate of drug-likeness (QED) is 0.413. The van der Waals surface area contributed by atoms with Gasteiger partial charge >= 0.3 is 6.09 Å². The summed E-state index contributed by atoms with van der Waals surface area (Å²) in [6.45, 7) is 3.08. The van der Waals surface area contributed by atoms with Crippen LogP contribution >= 0.6 is 0 Å². The van der Waals surface area contributed by atoms with Crippen LogP contribution in [0, 0.1) is 0 Å². The highest BCUT2D eigenvalue weighted by Crippen LogP contribution is 2.15. The Morgan fingerprint density at radius 3 is 2.38 bits per heavy atom. The maximum absolute atomic E-state index is 11.7. The van der Waals surface area contributed by atoms with E-state index in [1.807, 2.05) is 0 Å². The van der Waals surface area contributed by atoms with Gasteiger partial charge in [-0.15, -0.1) is 0 Å². The molecule has 1 atom stereocenters. The normalized spacial score (nSPS) is 18.0. The van der Waals surface area contributed by atoms with Crippen LogP contribution in [0.1, 0.15) is 32.1 Å². The van der Waals surface area contributed by atoms with E-state index in [2.05, 4.69) is 17.5 Å². The molecule has 2 N–H and O–H groups in total. The number of carbonyl (C=O) groups is 1. The van der Waals surface area contributed by atoms with E-state index < -0.39 is 0 Å². The molecule has 24 heavy (non-hydrogen) atoms. The highest BCUT2D eigenvalue weighted by atomic mass is 16.6. The summed E-state index contributed by atoms with van der Waals surface area (Å²) in [6.07, 6.45) is 8.89. The molecule has 1 unspecified atom stereocenters. The molecule has 0 saturated carbocycles. The lowest BCUT2D eigenvalue weighted by molar-refractivity contribution is 0.00793. The Bertz CT molecular complexity index is 337. The Kier molecular flexibility index (Phi) is 13.4. The van der Waals surface area contributed by atoms with Crippen molar-refractivity contribution in [2.75, 3.05) is 52.8 Å². The molecule has 0 aliphatic heterocycles. The predicted molar refractivity (Wildman–Crippen MR) is 90.0 cm³/mol. The van der Waals surface area contributed by atoms with Crippen molar-refractivity contribution in [3.8, 4) is 0 Å². The largest absolute Gasteiger partial charge is 0.446 e. The highest BCUT2D eigenvalue weighted by molar-refractivity contribution is 5.67. The van der Waals surface area contributed by atoms with E-state index in [1.165, 1.54) is 0 Å². The van der Waals surface area contributed by atoms with E-state index in [0.29, 0.717) is 46.2 Å². The second-order valence-corrected chi connectivity index (χ2v) is 5.49. The minimum atomic E-state index is -0.370. The van der Waals surface area contributed by atoms with Gasteiger partial charge in [-0.3, -0.25) is 0 Å². The molecule has 140 valence electrons. The van der Waals surface area contributed by atoms with Crippen LogP contribution in [0.3, 0.4) is 0 Å². The molecule has 7 nitrogen and oxygen atoms in total. The smallest absolute Gasteiger partial charge is 0.407 e. The van der Waals surface area contributed by atoms with Crippen molar-refractivity contribution < 1.29 is 28.8 Å². The van der Waals surface area contributed by atoms with Crippen molar-refractivity contribution in [3.05, 3.63) is 12.2 Å². The Morgan fingerprint density at radius 2 is 1.62 bits per heavy atom. The zero-order valence-corrected chi connectivity index (χ0v) is 14.4. The molecule has 0 aromatic carbocycles. The summed E-state index contributed by atoms with van der Waals surface area (Å²) >= 11 is 0. The monoisotopic (exact) mass is 345 g/mol. The Morgan fingerprint density at radius 1 is 0.958 bits per heavy atom. The van der Waals surface area contributed by atoms with Crippen LogP contribution < -0.4 is 5.32 Å². The predicted octanol–water partition coefficient (Wildman–Crippen LogP) is 1.64. The number of aliphatic hydroxyl groups is 1. The third-order valence-electron chi connectivity index (χ3n) is 3.49. The molecule has 1 aliphatic carbocycles. The van der Waals surface area contributed by atoms with Crippen LogP contribution in [0.25, 0.3) is 0 Å². The van der Waals surface area contributed by atoms with Gasteiger partial charge in [-0.1, -0.05) is 12.2 Å². The van der Waals surface area contributed by atoms with Gasteiger partial charge in [0.25, 0.3) is 0 Å². The zero-order chi connectivity index (χ0) is 17.3. The molecule has 0 fully saturated rings. The Hall–Kier alpha value is -1.15. The third kappa shape index (κ3) is 12.3. The maximum atomic E-state index is 11.7. The van der Waals surface area contributed by atoms with Crippen LogP contribution in [-0.4, -0.2) is 70.1 Å². The van der Waals surface area contributed by atoms with Gasteiger partial charge in [-0.05, 0) is 32.1 Å². The molecule has 0 spiro atoms. The molecular weight excluding hydrogens is 314 g/mol. The molecule has 0 bridgehead atoms. The molecule has 1 aliphatic rings. The summed E-state index contributed by atoms with van der Waals surface area (Å²) < 4.78 is 21.1. The molecule has 0 aromatic rings. The molecule has 0 heterocycles. The van der Waals surface area contributed by atoms with E-state index >= 15 is 0 Å². The maximum Gasteiger partial charge on any atom is 0.407 e. The van der Waals surface area contributed by atoms with Gasteiger partial charge in [0.1, 0.15) is 6.10 Å². The minimum Gasteiger partial charge on any atom is -0.446 e. The number of nitrogens with one attached hydrogen (secondary N) is 1. The van der Waals surface area contributed by atoms with Gasteiger partial charge in [-0.2, -0.15) is 0 Å². The minimum absolute atomic E-state index is 0.0114. The number of allylic oxidation sites excluding steroid dienone is 2. The second-order valence-electron chi connectivity index (χ2n) is 5.49. The first-order valence-corrected chi connectivity index (χ1v) is 8.76. The molecule has 7 heteroatoms. The molecule has 1 amide bonds. The van der Waals surface area contributed by atoms with Gasteiger partial charge in [0, 0.05) is 6.54 Å². The SMILES string of the molecule is O=C(NCCOCCOCCOCCO)OC1CCC=CCCC1. The number of hydrogen-bond donors (Lipinski definition) is 2. The molecular formula is C17H31NO6. The van der Waals surface area contributed by atoms with E-state index in [0.717, 1.165) is 32.1 Å². The first-order chi connectivity index (χ1) is 11.8. The summed E-state index contributed by atoms with van der Waals surface area (Å²) in [7, 11) is 0. The van der Waals surface area contributed by atoms with Crippen molar-refractivity contribution in [1.29, 1.82) is 0 Å². The van der Waals surface area contributed by atoms with Gasteiger partial charge in [0.15, 0.2) is 0 Å². The van der Waals surface area contributed by atoms with E-state index in [9.17, 15) is 4.79 Å². The topological polar surface area (TPSA) is 86.3 Å². The van der Waals surface area contributed by atoms with Crippen molar-refractivity contribution in [1.82, 2.24) is 5.32 Å². The Labute approximate surface area is 144 Å². The molecule has 0 radical (unpaired) electrons. The number of amides is 1. The summed E-state index contributed by atoms with van der Waals surface area (Å²) in [5.74, 6) is 0. The fourth-order valence-electron chi connectivity index (χ4n) is 2.27. The molecule has 0 saturated heterocycles. The van der Waals surface area contributed by atoms with Gasteiger partial charge < -0.3 is 29.4 Å². The van der Waals surface area contributed by atoms with Crippen LogP contribution in [-0.2, 0) is 18.9 Å². The van der Waals surface area contributed by atoms with Gasteiger partial charge in [0.05, 0.1) is 46.2 Å². The molecule has 1 rings (SSSR count). The summed E-state index contributed by atoms with van der Waals surface area (Å²) in [6, 6.07) is 0. The standard InChI is InChI=1S/C17H31NO6/c19-9-11-22-13-15-23-14-12-21-10-8-18-17(20)24-16-6-4-2-1-3-5-7-16/h1-2,16,19H,3-15H2,(H,18,20).